The van der Waals surface area contributed by atoms with Crippen LogP contribution >= 0.6 is 11.3 Å². The Morgan fingerprint density at radius 2 is 2.14 bits per heavy atom. The summed E-state index contributed by atoms with van der Waals surface area (Å²) in [4.78, 5) is 9.08. The van der Waals surface area contributed by atoms with Gasteiger partial charge in [0.2, 0.25) is 0 Å². The van der Waals surface area contributed by atoms with Crippen molar-refractivity contribution in [1.82, 2.24) is 9.97 Å². The number of hydrogen-bond acceptors (Lipinski definition) is 5. The minimum Gasteiger partial charge on any atom is -0.328 e. The highest BCUT2D eigenvalue weighted by molar-refractivity contribution is 7.18. The molecule has 0 amide bonds. The fourth-order valence-electron chi connectivity index (χ4n) is 2.92. The van der Waals surface area contributed by atoms with Gasteiger partial charge in [-0.1, -0.05) is 0 Å². The van der Waals surface area contributed by atoms with Crippen molar-refractivity contribution in [3.63, 3.8) is 0 Å². The van der Waals surface area contributed by atoms with E-state index in [9.17, 15) is 13.2 Å². The first-order valence-corrected chi connectivity index (χ1v) is 7.44. The third kappa shape index (κ3) is 2.88. The summed E-state index contributed by atoms with van der Waals surface area (Å²) in [6.45, 7) is 0. The number of hydrogen-bond donors (Lipinski definition) is 2. The second-order valence-electron chi connectivity index (χ2n) is 5.60. The van der Waals surface area contributed by atoms with Crippen LogP contribution in [0.1, 0.15) is 29.8 Å². The first-order chi connectivity index (χ1) is 9.77. The number of thiophene rings is 1. The van der Waals surface area contributed by atoms with E-state index in [1.54, 1.807) is 0 Å². The molecule has 3 rings (SSSR count). The topological polar surface area (TPSA) is 77.8 Å². The Hall–Kier alpha value is -1.25. The van der Waals surface area contributed by atoms with Gasteiger partial charge >= 0.3 is 6.18 Å². The molecule has 4 nitrogen and oxygen atoms in total. The number of halogens is 3. The van der Waals surface area contributed by atoms with Crippen LogP contribution in [0.15, 0.2) is 12.4 Å². The van der Waals surface area contributed by atoms with Gasteiger partial charge in [-0.2, -0.15) is 13.2 Å². The summed E-state index contributed by atoms with van der Waals surface area (Å²) < 4.78 is 37.6. The van der Waals surface area contributed by atoms with E-state index in [0.717, 1.165) is 17.8 Å². The second-order valence-corrected chi connectivity index (χ2v) is 6.72. The summed E-state index contributed by atoms with van der Waals surface area (Å²) in [7, 11) is 0. The van der Waals surface area contributed by atoms with Gasteiger partial charge in [0.15, 0.2) is 0 Å². The molecule has 0 saturated heterocycles. The predicted molar refractivity (Wildman–Crippen MR) is 74.9 cm³/mol. The monoisotopic (exact) mass is 316 g/mol. The molecule has 0 aliphatic heterocycles. The van der Waals surface area contributed by atoms with Crippen LogP contribution in [-0.2, 0) is 12.0 Å². The lowest BCUT2D eigenvalue weighted by atomic mass is 9.92. The Morgan fingerprint density at radius 1 is 1.38 bits per heavy atom. The van der Waals surface area contributed by atoms with E-state index in [1.807, 2.05) is 0 Å². The Balaban J connectivity index is 2.04. The van der Waals surface area contributed by atoms with Crippen LogP contribution in [0.2, 0.25) is 0 Å². The third-order valence-electron chi connectivity index (χ3n) is 3.81. The number of rotatable bonds is 2. The highest BCUT2D eigenvalue weighted by Gasteiger charge is 2.38. The standard InChI is InChI=1S/C13H15F3N4S/c14-13(15,16)5-8-3-9-10(19-6-20-11(9)21-8)12(18)2-1-7(17)4-12/h3,6-7H,1-2,4-5,17-18H2. The Morgan fingerprint density at radius 3 is 2.76 bits per heavy atom. The number of aromatic nitrogens is 2. The Labute approximate surface area is 123 Å². The van der Waals surface area contributed by atoms with E-state index < -0.39 is 18.1 Å². The molecule has 1 aliphatic carbocycles. The van der Waals surface area contributed by atoms with Crippen LogP contribution in [-0.4, -0.2) is 22.2 Å². The first-order valence-electron chi connectivity index (χ1n) is 6.62. The molecule has 2 atom stereocenters. The normalized spacial score (nSPS) is 26.6. The fraction of sp³-hybridized carbons (Fsp3) is 0.538. The minimum absolute atomic E-state index is 0.00768. The van der Waals surface area contributed by atoms with Gasteiger partial charge in [-0.15, -0.1) is 11.3 Å². The molecule has 0 radical (unpaired) electrons. The van der Waals surface area contributed by atoms with Crippen LogP contribution in [0.3, 0.4) is 0 Å². The maximum atomic E-state index is 12.5. The summed E-state index contributed by atoms with van der Waals surface area (Å²) in [5.41, 5.74) is 12.2. The van der Waals surface area contributed by atoms with Gasteiger partial charge in [0.25, 0.3) is 0 Å². The number of fused-ring (bicyclic) bond motifs is 1. The highest BCUT2D eigenvalue weighted by atomic mass is 32.1. The van der Waals surface area contributed by atoms with Crippen LogP contribution in [0.25, 0.3) is 10.2 Å². The van der Waals surface area contributed by atoms with E-state index >= 15 is 0 Å². The van der Waals surface area contributed by atoms with E-state index in [0.29, 0.717) is 28.8 Å². The summed E-state index contributed by atoms with van der Waals surface area (Å²) >= 11 is 1.04. The summed E-state index contributed by atoms with van der Waals surface area (Å²) in [5, 5.41) is 0.623. The van der Waals surface area contributed by atoms with Crippen molar-refractivity contribution < 1.29 is 13.2 Å². The largest absolute Gasteiger partial charge is 0.393 e. The van der Waals surface area contributed by atoms with Gasteiger partial charge in [-0.05, 0) is 25.3 Å². The molecule has 8 heteroatoms. The zero-order chi connectivity index (χ0) is 15.3. The quantitative estimate of drug-likeness (QED) is 0.892. The van der Waals surface area contributed by atoms with Gasteiger partial charge in [0, 0.05) is 16.3 Å². The Bertz CT molecular complexity index is 669. The Kier molecular flexibility index (Phi) is 3.42. The molecule has 1 aliphatic rings. The molecule has 1 fully saturated rings. The van der Waals surface area contributed by atoms with Crippen molar-refractivity contribution in [2.75, 3.05) is 0 Å². The van der Waals surface area contributed by atoms with Crippen molar-refractivity contribution >= 4 is 21.6 Å². The molecule has 2 unspecified atom stereocenters. The molecular formula is C13H15F3N4S. The van der Waals surface area contributed by atoms with Crippen molar-refractivity contribution in [1.29, 1.82) is 0 Å². The highest BCUT2D eigenvalue weighted by Crippen LogP contribution is 2.40. The van der Waals surface area contributed by atoms with Crippen molar-refractivity contribution in [3.05, 3.63) is 23.0 Å². The maximum Gasteiger partial charge on any atom is 0.393 e. The van der Waals surface area contributed by atoms with Gasteiger partial charge in [-0.25, -0.2) is 9.97 Å². The lowest BCUT2D eigenvalue weighted by molar-refractivity contribution is -0.126. The molecule has 114 valence electrons. The average molecular weight is 316 g/mol. The molecule has 4 N–H and O–H groups in total. The number of nitrogens with zero attached hydrogens (tertiary/aromatic N) is 2. The SMILES string of the molecule is NC1CCC(N)(c2ncnc3sc(CC(F)(F)F)cc23)C1. The summed E-state index contributed by atoms with van der Waals surface area (Å²) in [6, 6.07) is 1.52. The summed E-state index contributed by atoms with van der Waals surface area (Å²) in [5.74, 6) is 0. The zero-order valence-electron chi connectivity index (χ0n) is 11.2. The smallest absolute Gasteiger partial charge is 0.328 e. The molecular weight excluding hydrogens is 301 g/mol. The molecule has 0 bridgehead atoms. The molecule has 2 aromatic heterocycles. The van der Waals surface area contributed by atoms with E-state index in [2.05, 4.69) is 9.97 Å². The van der Waals surface area contributed by atoms with Crippen LogP contribution in [0.4, 0.5) is 13.2 Å². The van der Waals surface area contributed by atoms with Gasteiger partial charge in [-0.3, -0.25) is 0 Å². The van der Waals surface area contributed by atoms with Gasteiger partial charge < -0.3 is 11.5 Å². The van der Waals surface area contributed by atoms with Crippen LogP contribution in [0, 0.1) is 0 Å². The van der Waals surface area contributed by atoms with E-state index in [1.165, 1.54) is 12.4 Å². The zero-order valence-corrected chi connectivity index (χ0v) is 12.0. The first kappa shape index (κ1) is 14.7. The third-order valence-corrected chi connectivity index (χ3v) is 4.86. The van der Waals surface area contributed by atoms with Crippen molar-refractivity contribution in [2.45, 2.75) is 43.4 Å². The molecule has 21 heavy (non-hydrogen) atoms. The second kappa shape index (κ2) is 4.89. The molecule has 2 aromatic rings. The van der Waals surface area contributed by atoms with Crippen LogP contribution in [0.5, 0.6) is 0 Å². The molecule has 0 spiro atoms. The van der Waals surface area contributed by atoms with Gasteiger partial charge in [0.1, 0.15) is 11.2 Å². The molecule has 1 saturated carbocycles. The molecule has 0 aromatic carbocycles. The van der Waals surface area contributed by atoms with Crippen LogP contribution < -0.4 is 11.5 Å². The lowest BCUT2D eigenvalue weighted by Crippen LogP contribution is -2.36. The molecule has 2 heterocycles. The van der Waals surface area contributed by atoms with E-state index in [4.69, 9.17) is 11.5 Å². The number of alkyl halides is 3. The predicted octanol–water partition coefficient (Wildman–Crippen LogP) is 2.46. The van der Waals surface area contributed by atoms with Gasteiger partial charge in [0.05, 0.1) is 17.7 Å². The summed E-state index contributed by atoms with van der Waals surface area (Å²) in [6.07, 6.45) is -1.75. The number of nitrogens with two attached hydrogens (primary N) is 2. The van der Waals surface area contributed by atoms with Crippen molar-refractivity contribution in [2.24, 2.45) is 11.5 Å². The maximum absolute atomic E-state index is 12.5. The fourth-order valence-corrected chi connectivity index (χ4v) is 3.94. The van der Waals surface area contributed by atoms with Crippen molar-refractivity contribution in [3.8, 4) is 0 Å². The lowest BCUT2D eigenvalue weighted by Gasteiger charge is -2.23. The van der Waals surface area contributed by atoms with E-state index in [-0.39, 0.29) is 10.9 Å². The average Bonchev–Trinajstić information content (AvgIpc) is 2.90. The minimum atomic E-state index is -4.23.